The smallest absolute Gasteiger partial charge is 0.414 e. The highest BCUT2D eigenvalue weighted by Crippen LogP contribution is 2.42. The molecule has 0 bridgehead atoms. The normalized spacial score (nSPS) is 11.2. The van der Waals surface area contributed by atoms with Crippen molar-refractivity contribution in [2.45, 2.75) is 46.5 Å². The molecule has 0 radical (unpaired) electrons. The number of amides is 2. The highest BCUT2D eigenvalue weighted by atomic mass is 35.5. The molecule has 51 heavy (non-hydrogen) atoms. The van der Waals surface area contributed by atoms with Crippen molar-refractivity contribution in [3.8, 4) is 41.1 Å². The fourth-order valence-electron chi connectivity index (χ4n) is 4.10. The Labute approximate surface area is 311 Å². The first kappa shape index (κ1) is 38.7. The minimum absolute atomic E-state index is 0.0308. The minimum Gasteiger partial charge on any atom is -0.450 e. The number of imide groups is 1. The zero-order valence-electron chi connectivity index (χ0n) is 27.5. The Morgan fingerprint density at radius 1 is 0.804 bits per heavy atom. The van der Waals surface area contributed by atoms with E-state index in [1.807, 2.05) is 33.0 Å². The Hall–Kier alpha value is -5.14. The number of hydrazone groups is 1. The summed E-state index contributed by atoms with van der Waals surface area (Å²) >= 11 is 25.5. The van der Waals surface area contributed by atoms with Gasteiger partial charge in [0.25, 0.3) is 5.91 Å². The van der Waals surface area contributed by atoms with Gasteiger partial charge in [-0.2, -0.15) is 10.4 Å². The molecule has 2 heterocycles. The number of ether oxygens (including phenoxy) is 4. The molecule has 0 spiro atoms. The molecule has 4 rings (SSSR count). The van der Waals surface area contributed by atoms with Gasteiger partial charge in [0.05, 0.1) is 32.4 Å². The van der Waals surface area contributed by atoms with Crippen LogP contribution in [0, 0.1) is 11.3 Å². The van der Waals surface area contributed by atoms with Crippen molar-refractivity contribution in [1.82, 2.24) is 25.7 Å². The SMILES string of the molecule is CCOC(=O)NC(=O)/C(C#N)=N/Nc1cc(Cl)c(Oc2cc(C(C)C)c(Oc3cc(C(C)C)c(Oc4c(Cl)cc(N)cc4Cl)nn3)nn2)c(Cl)c1. The maximum Gasteiger partial charge on any atom is 0.414 e. The van der Waals surface area contributed by atoms with Crippen LogP contribution in [0.2, 0.25) is 20.1 Å². The Bertz CT molecular complexity index is 1990. The Morgan fingerprint density at radius 2 is 1.29 bits per heavy atom. The van der Waals surface area contributed by atoms with E-state index in [-0.39, 0.29) is 79.2 Å². The van der Waals surface area contributed by atoms with Gasteiger partial charge in [0.2, 0.25) is 29.2 Å². The number of anilines is 2. The molecule has 0 unspecified atom stereocenters. The molecule has 0 atom stereocenters. The number of aromatic nitrogens is 4. The van der Waals surface area contributed by atoms with Gasteiger partial charge < -0.3 is 24.7 Å². The van der Waals surface area contributed by atoms with E-state index in [4.69, 9.17) is 66.3 Å². The molecule has 19 heteroatoms. The zero-order chi connectivity index (χ0) is 37.4. The standard InChI is InChI=1S/C32H29Cl4N9O6/c1-6-48-32(47)39-29(46)24(13-37)41-40-17-9-22(35)27(23(36)10-17)49-25-11-18(14(2)3)30(44-42-25)50-26-12-19(15(4)5)31(45-43-26)51-28-20(33)7-16(38)8-21(28)34/h7-12,14-15,40H,6,38H2,1-5H3,(H,39,46,47)/b41-24+. The topological polar surface area (TPSA) is 209 Å². The summed E-state index contributed by atoms with van der Waals surface area (Å²) in [6.07, 6.45) is -1.03. The number of halogens is 4. The lowest BCUT2D eigenvalue weighted by atomic mass is 10.1. The summed E-state index contributed by atoms with van der Waals surface area (Å²) < 4.78 is 22.5. The molecule has 0 aliphatic heterocycles. The summed E-state index contributed by atoms with van der Waals surface area (Å²) in [5.74, 6) is -0.532. The second kappa shape index (κ2) is 17.2. The van der Waals surface area contributed by atoms with Crippen LogP contribution in [0.5, 0.6) is 35.0 Å². The number of rotatable bonds is 12. The number of carbonyl (C=O) groups excluding carboxylic acids is 2. The number of hydrogen-bond acceptors (Lipinski definition) is 14. The van der Waals surface area contributed by atoms with Crippen LogP contribution in [0.1, 0.15) is 57.6 Å². The van der Waals surface area contributed by atoms with Gasteiger partial charge in [-0.1, -0.05) is 74.1 Å². The summed E-state index contributed by atoms with van der Waals surface area (Å²) in [5, 5.41) is 32.0. The van der Waals surface area contributed by atoms with Gasteiger partial charge in [0.1, 0.15) is 6.07 Å². The summed E-state index contributed by atoms with van der Waals surface area (Å²) in [6, 6.07) is 10.6. The molecule has 0 aliphatic carbocycles. The maximum atomic E-state index is 12.1. The third-order valence-corrected chi connectivity index (χ3v) is 7.63. The van der Waals surface area contributed by atoms with Crippen LogP contribution < -0.4 is 30.7 Å². The van der Waals surface area contributed by atoms with E-state index >= 15 is 0 Å². The zero-order valence-corrected chi connectivity index (χ0v) is 30.6. The first-order valence-electron chi connectivity index (χ1n) is 14.9. The van der Waals surface area contributed by atoms with Crippen molar-refractivity contribution in [2.75, 3.05) is 17.8 Å². The van der Waals surface area contributed by atoms with E-state index in [0.717, 1.165) is 0 Å². The van der Waals surface area contributed by atoms with E-state index in [2.05, 4.69) is 35.7 Å². The van der Waals surface area contributed by atoms with Crippen molar-refractivity contribution in [2.24, 2.45) is 5.10 Å². The lowest BCUT2D eigenvalue weighted by Gasteiger charge is -2.16. The van der Waals surface area contributed by atoms with Crippen LogP contribution in [0.3, 0.4) is 0 Å². The second-order valence-corrected chi connectivity index (χ2v) is 12.6. The Kier molecular flexibility index (Phi) is 13.0. The van der Waals surface area contributed by atoms with Gasteiger partial charge in [-0.15, -0.1) is 20.4 Å². The molecular weight excluding hydrogens is 748 g/mol. The van der Waals surface area contributed by atoms with Gasteiger partial charge in [-0.05, 0) is 43.0 Å². The highest BCUT2D eigenvalue weighted by Gasteiger charge is 2.21. The van der Waals surface area contributed by atoms with Crippen LogP contribution in [-0.2, 0) is 9.53 Å². The number of nitrogens with one attached hydrogen (secondary N) is 2. The quantitative estimate of drug-likeness (QED) is 0.0700. The number of nitrogen functional groups attached to an aromatic ring is 1. The molecule has 4 aromatic rings. The molecule has 15 nitrogen and oxygen atoms in total. The summed E-state index contributed by atoms with van der Waals surface area (Å²) in [6.45, 7) is 9.30. The molecule has 2 aromatic heterocycles. The molecule has 4 N–H and O–H groups in total. The van der Waals surface area contributed by atoms with E-state index < -0.39 is 17.7 Å². The van der Waals surface area contributed by atoms with Gasteiger partial charge in [-0.3, -0.25) is 15.5 Å². The van der Waals surface area contributed by atoms with Crippen molar-refractivity contribution >= 4 is 75.5 Å². The van der Waals surface area contributed by atoms with E-state index in [1.165, 1.54) is 24.3 Å². The Morgan fingerprint density at radius 3 is 1.80 bits per heavy atom. The monoisotopic (exact) mass is 775 g/mol. The largest absolute Gasteiger partial charge is 0.450 e. The summed E-state index contributed by atoms with van der Waals surface area (Å²) in [7, 11) is 0. The van der Waals surface area contributed by atoms with Crippen molar-refractivity contribution in [3.05, 3.63) is 67.6 Å². The average molecular weight is 777 g/mol. The van der Waals surface area contributed by atoms with Crippen LogP contribution in [0.4, 0.5) is 16.2 Å². The van der Waals surface area contributed by atoms with Crippen molar-refractivity contribution in [1.29, 1.82) is 5.26 Å². The summed E-state index contributed by atoms with van der Waals surface area (Å²) in [4.78, 5) is 23.6. The third-order valence-electron chi connectivity index (χ3n) is 6.51. The fourth-order valence-corrected chi connectivity index (χ4v) is 5.25. The van der Waals surface area contributed by atoms with Gasteiger partial charge >= 0.3 is 6.09 Å². The van der Waals surface area contributed by atoms with Crippen molar-refractivity contribution in [3.63, 3.8) is 0 Å². The Balaban J connectivity index is 1.53. The maximum absolute atomic E-state index is 12.1. The average Bonchev–Trinajstić information content (AvgIpc) is 3.05. The first-order valence-corrected chi connectivity index (χ1v) is 16.5. The summed E-state index contributed by atoms with van der Waals surface area (Å²) in [5.41, 5.74) is 9.48. The van der Waals surface area contributed by atoms with E-state index in [0.29, 0.717) is 16.8 Å². The van der Waals surface area contributed by atoms with Crippen LogP contribution >= 0.6 is 46.4 Å². The van der Waals surface area contributed by atoms with Gasteiger partial charge in [-0.25, -0.2) is 4.79 Å². The first-order chi connectivity index (χ1) is 24.2. The van der Waals surface area contributed by atoms with Crippen LogP contribution in [0.15, 0.2) is 41.5 Å². The number of alkyl carbamates (subject to hydrolysis) is 1. The molecule has 0 aliphatic rings. The molecule has 0 saturated carbocycles. The molecule has 0 fully saturated rings. The van der Waals surface area contributed by atoms with E-state index in [1.54, 1.807) is 25.1 Å². The second-order valence-electron chi connectivity index (χ2n) is 10.9. The lowest BCUT2D eigenvalue weighted by molar-refractivity contribution is -0.114. The molecular formula is C32H29Cl4N9O6. The number of benzene rings is 2. The molecule has 2 aromatic carbocycles. The number of nitrogens with zero attached hydrogens (tertiary/aromatic N) is 6. The number of nitriles is 1. The number of hydrogen-bond donors (Lipinski definition) is 3. The van der Waals surface area contributed by atoms with Crippen LogP contribution in [-0.4, -0.2) is 44.7 Å². The lowest BCUT2D eigenvalue weighted by Crippen LogP contribution is -2.36. The van der Waals surface area contributed by atoms with Crippen molar-refractivity contribution < 1.29 is 28.5 Å². The number of carbonyl (C=O) groups is 2. The fraction of sp³-hybridized carbons (Fsp3) is 0.250. The molecule has 2 amide bonds. The molecule has 0 saturated heterocycles. The highest BCUT2D eigenvalue weighted by molar-refractivity contribution is 6.47. The van der Waals surface area contributed by atoms with E-state index in [9.17, 15) is 14.9 Å². The minimum atomic E-state index is -1.07. The third kappa shape index (κ3) is 9.98. The molecule has 266 valence electrons. The predicted octanol–water partition coefficient (Wildman–Crippen LogP) is 8.65. The predicted molar refractivity (Wildman–Crippen MR) is 192 cm³/mol. The number of nitrogens with two attached hydrogens (primary N) is 1. The van der Waals surface area contributed by atoms with Gasteiger partial charge in [0.15, 0.2) is 11.5 Å². The van der Waals surface area contributed by atoms with Gasteiger partial charge in [0, 0.05) is 28.9 Å². The van der Waals surface area contributed by atoms with Crippen LogP contribution in [0.25, 0.3) is 0 Å².